The van der Waals surface area contributed by atoms with Gasteiger partial charge < -0.3 is 9.47 Å². The van der Waals surface area contributed by atoms with Crippen molar-refractivity contribution in [2.45, 2.75) is 43.5 Å². The lowest BCUT2D eigenvalue weighted by Crippen LogP contribution is -2.34. The first-order chi connectivity index (χ1) is 16.1. The summed E-state index contributed by atoms with van der Waals surface area (Å²) in [5, 5.41) is 6.78. The molecule has 1 fully saturated rings. The summed E-state index contributed by atoms with van der Waals surface area (Å²) in [4.78, 5) is 16.9. The lowest BCUT2D eigenvalue weighted by Gasteiger charge is -2.14. The number of aromatic nitrogens is 4. The molecule has 3 aromatic rings. The highest BCUT2D eigenvalue weighted by Crippen LogP contribution is 2.37. The number of esters is 1. The molecule has 3 aromatic heterocycles. The number of methoxy groups -OCH3 is 1. The molecule has 0 saturated heterocycles. The maximum atomic E-state index is 13.1. The molecule has 14 heteroatoms. The summed E-state index contributed by atoms with van der Waals surface area (Å²) < 4.78 is 66.5. The summed E-state index contributed by atoms with van der Waals surface area (Å²) in [5.41, 5.74) is -0.222. The Bertz CT molecular complexity index is 1380. The quantitative estimate of drug-likeness (QED) is 0.341. The Morgan fingerprint density at radius 1 is 1.38 bits per heavy atom. The number of alkyl halides is 2. The number of nitrogens with one attached hydrogen (secondary N) is 1. The molecule has 1 N–H and O–H groups in total. The number of ether oxygens (including phenoxy) is 2. The van der Waals surface area contributed by atoms with Crippen molar-refractivity contribution in [1.82, 2.24) is 24.3 Å². The fourth-order valence-electron chi connectivity index (χ4n) is 3.19. The molecule has 1 saturated carbocycles. The third kappa shape index (κ3) is 4.65. The maximum Gasteiger partial charge on any atom is 0.340 e. The van der Waals surface area contributed by atoms with Gasteiger partial charge in [0.05, 0.1) is 41.6 Å². The number of fused-ring (bicyclic) bond motifs is 1. The van der Waals surface area contributed by atoms with Crippen LogP contribution in [-0.2, 0) is 19.5 Å². The van der Waals surface area contributed by atoms with E-state index in [0.717, 1.165) is 7.11 Å². The minimum absolute atomic E-state index is 0.0221. The Kier molecular flexibility index (Phi) is 6.40. The summed E-state index contributed by atoms with van der Waals surface area (Å²) in [5.74, 6) is -0.766. The molecular weight excluding hydrogens is 492 g/mol. The van der Waals surface area contributed by atoms with Gasteiger partial charge in [-0.25, -0.2) is 31.7 Å². The Morgan fingerprint density at radius 3 is 2.71 bits per heavy atom. The van der Waals surface area contributed by atoms with Gasteiger partial charge in [-0.05, 0) is 32.8 Å². The van der Waals surface area contributed by atoms with E-state index >= 15 is 0 Å². The lowest BCUT2D eigenvalue weighted by molar-refractivity contribution is 0.0602. The number of hydrogen-bond donors (Lipinski definition) is 1. The van der Waals surface area contributed by atoms with E-state index in [-0.39, 0.29) is 32.5 Å². The van der Waals surface area contributed by atoms with E-state index in [1.807, 2.05) is 0 Å². The van der Waals surface area contributed by atoms with Gasteiger partial charge in [-0.15, -0.1) is 10.2 Å². The number of rotatable bonds is 9. The standard InChI is InChI=1S/C20H21F2N5O5S2/c1-4-32-8-5-13-14-12(19(28)31-3)9-11(34(29,30)26-20(2)6-7-20)10-27(14)16(23-13)18-25-24-17(33-18)15(21)22/h5,8-10,15,26H,4,6-7H2,1-3H3/b8-5+. The molecule has 1 aliphatic carbocycles. The minimum atomic E-state index is -4.03. The number of hydrogen-bond acceptors (Lipinski definition) is 9. The number of imidazole rings is 1. The van der Waals surface area contributed by atoms with Crippen molar-refractivity contribution in [2.24, 2.45) is 0 Å². The third-order valence-electron chi connectivity index (χ3n) is 5.14. The van der Waals surface area contributed by atoms with Gasteiger partial charge in [0.1, 0.15) is 0 Å². The summed E-state index contributed by atoms with van der Waals surface area (Å²) in [6.45, 7) is 3.93. The van der Waals surface area contributed by atoms with Gasteiger partial charge in [-0.2, -0.15) is 0 Å². The molecule has 34 heavy (non-hydrogen) atoms. The van der Waals surface area contributed by atoms with Crippen LogP contribution in [0.5, 0.6) is 0 Å². The molecule has 0 amide bonds. The van der Waals surface area contributed by atoms with Crippen LogP contribution in [0.15, 0.2) is 23.4 Å². The molecular formula is C20H21F2N5O5S2. The van der Waals surface area contributed by atoms with Gasteiger partial charge in [0.2, 0.25) is 10.0 Å². The Labute approximate surface area is 197 Å². The second-order valence-electron chi connectivity index (χ2n) is 7.79. The number of halogens is 2. The second kappa shape index (κ2) is 9.00. The Morgan fingerprint density at radius 2 is 2.12 bits per heavy atom. The van der Waals surface area contributed by atoms with Gasteiger partial charge in [-0.1, -0.05) is 11.3 Å². The van der Waals surface area contributed by atoms with Crippen LogP contribution in [0.2, 0.25) is 0 Å². The second-order valence-corrected chi connectivity index (χ2v) is 10.5. The molecule has 4 rings (SSSR count). The van der Waals surface area contributed by atoms with E-state index in [2.05, 4.69) is 19.9 Å². The molecule has 0 radical (unpaired) electrons. The lowest BCUT2D eigenvalue weighted by atomic mass is 10.2. The van der Waals surface area contributed by atoms with Crippen molar-refractivity contribution in [2.75, 3.05) is 13.7 Å². The molecule has 0 spiro atoms. The van der Waals surface area contributed by atoms with Crippen molar-refractivity contribution < 1.29 is 31.5 Å². The predicted molar refractivity (Wildman–Crippen MR) is 119 cm³/mol. The van der Waals surface area contributed by atoms with Crippen LogP contribution in [0.1, 0.15) is 54.2 Å². The summed E-state index contributed by atoms with van der Waals surface area (Å²) in [7, 11) is -2.87. The average Bonchev–Trinajstić information content (AvgIpc) is 3.17. The number of pyridine rings is 1. The summed E-state index contributed by atoms with van der Waals surface area (Å²) in [6, 6.07) is 1.20. The normalized spacial score (nSPS) is 15.4. The highest BCUT2D eigenvalue weighted by molar-refractivity contribution is 7.89. The molecule has 0 aromatic carbocycles. The molecule has 0 bridgehead atoms. The zero-order valence-electron chi connectivity index (χ0n) is 18.4. The third-order valence-corrected chi connectivity index (χ3v) is 7.67. The van der Waals surface area contributed by atoms with E-state index < -0.39 is 33.0 Å². The molecule has 0 aliphatic heterocycles. The predicted octanol–water partition coefficient (Wildman–Crippen LogP) is 3.42. The first-order valence-corrected chi connectivity index (χ1v) is 12.5. The van der Waals surface area contributed by atoms with Crippen LogP contribution in [0.3, 0.4) is 0 Å². The van der Waals surface area contributed by atoms with Crippen LogP contribution < -0.4 is 4.72 Å². The van der Waals surface area contributed by atoms with Crippen LogP contribution in [0, 0.1) is 0 Å². The van der Waals surface area contributed by atoms with Crippen molar-refractivity contribution in [1.29, 1.82) is 0 Å². The molecule has 182 valence electrons. The van der Waals surface area contributed by atoms with Gasteiger partial charge in [-0.3, -0.25) is 4.40 Å². The first-order valence-electron chi connectivity index (χ1n) is 10.2. The number of sulfonamides is 1. The SMILES string of the molecule is CCO/C=C/c1nc(-c2nnc(C(F)F)s2)n2cc(S(=O)(=O)NC3(C)CC3)cc(C(=O)OC)c12. The monoisotopic (exact) mass is 513 g/mol. The van der Waals surface area contributed by atoms with E-state index in [1.54, 1.807) is 13.8 Å². The van der Waals surface area contributed by atoms with Gasteiger partial charge >= 0.3 is 5.97 Å². The smallest absolute Gasteiger partial charge is 0.340 e. The van der Waals surface area contributed by atoms with E-state index in [0.29, 0.717) is 30.8 Å². The maximum absolute atomic E-state index is 13.1. The molecule has 3 heterocycles. The van der Waals surface area contributed by atoms with E-state index in [1.165, 1.54) is 29.0 Å². The molecule has 10 nitrogen and oxygen atoms in total. The van der Waals surface area contributed by atoms with Crippen LogP contribution >= 0.6 is 11.3 Å². The fourth-order valence-corrected chi connectivity index (χ4v) is 5.37. The number of nitrogens with zero attached hydrogens (tertiary/aromatic N) is 4. The van der Waals surface area contributed by atoms with Gasteiger partial charge in [0, 0.05) is 17.8 Å². The minimum Gasteiger partial charge on any atom is -0.501 e. The van der Waals surface area contributed by atoms with Gasteiger partial charge in [0.25, 0.3) is 6.43 Å². The zero-order chi connectivity index (χ0) is 24.7. The van der Waals surface area contributed by atoms with Crippen molar-refractivity contribution >= 4 is 38.9 Å². The Balaban J connectivity index is 1.99. The zero-order valence-corrected chi connectivity index (χ0v) is 20.0. The van der Waals surface area contributed by atoms with E-state index in [9.17, 15) is 22.0 Å². The van der Waals surface area contributed by atoms with Crippen LogP contribution in [0.25, 0.3) is 22.4 Å². The number of carbonyl (C=O) groups excluding carboxylic acids is 1. The fraction of sp³-hybridized carbons (Fsp3) is 0.400. The summed E-state index contributed by atoms with van der Waals surface area (Å²) >= 11 is 0.612. The van der Waals surface area contributed by atoms with Crippen LogP contribution in [-0.4, -0.2) is 53.2 Å². The first kappa shape index (κ1) is 24.2. The van der Waals surface area contributed by atoms with Crippen molar-refractivity contribution in [3.05, 3.63) is 34.8 Å². The molecule has 0 atom stereocenters. The van der Waals surface area contributed by atoms with Crippen molar-refractivity contribution in [3.63, 3.8) is 0 Å². The van der Waals surface area contributed by atoms with Gasteiger partial charge in [0.15, 0.2) is 15.8 Å². The summed E-state index contributed by atoms with van der Waals surface area (Å²) in [6.07, 6.45) is 2.63. The highest BCUT2D eigenvalue weighted by Gasteiger charge is 2.41. The molecule has 1 aliphatic rings. The van der Waals surface area contributed by atoms with Crippen LogP contribution in [0.4, 0.5) is 8.78 Å². The highest BCUT2D eigenvalue weighted by atomic mass is 32.2. The average molecular weight is 514 g/mol. The largest absolute Gasteiger partial charge is 0.501 e. The van der Waals surface area contributed by atoms with Crippen molar-refractivity contribution in [3.8, 4) is 10.8 Å². The molecule has 0 unspecified atom stereocenters. The van der Waals surface area contributed by atoms with E-state index in [4.69, 9.17) is 9.47 Å². The Hall–Kier alpha value is -2.97. The number of carbonyl (C=O) groups is 1. The topological polar surface area (TPSA) is 125 Å².